The van der Waals surface area contributed by atoms with Crippen LogP contribution in [0.25, 0.3) is 0 Å². The Morgan fingerprint density at radius 3 is 2.61 bits per heavy atom. The third kappa shape index (κ3) is 3.01. The van der Waals surface area contributed by atoms with Gasteiger partial charge in [-0.2, -0.15) is 0 Å². The molecule has 94 valence electrons. The highest BCUT2D eigenvalue weighted by Crippen LogP contribution is 2.11. The summed E-state index contributed by atoms with van der Waals surface area (Å²) in [5.74, 6) is -0.788. The van der Waals surface area contributed by atoms with Crippen molar-refractivity contribution >= 4 is 17.5 Å². The van der Waals surface area contributed by atoms with E-state index in [9.17, 15) is 9.59 Å². The van der Waals surface area contributed by atoms with Crippen LogP contribution >= 0.6 is 0 Å². The Morgan fingerprint density at radius 2 is 2.06 bits per heavy atom. The monoisotopic (exact) mass is 247 g/mol. The summed E-state index contributed by atoms with van der Waals surface area (Å²) < 4.78 is 4.75. The lowest BCUT2D eigenvalue weighted by Crippen LogP contribution is -2.16. The Morgan fingerprint density at radius 1 is 1.39 bits per heavy atom. The van der Waals surface area contributed by atoms with Crippen LogP contribution in [0.3, 0.4) is 0 Å². The molecule has 0 saturated carbocycles. The number of hydrogen-bond donors (Lipinski definition) is 0. The maximum atomic E-state index is 12.0. The van der Waals surface area contributed by atoms with Gasteiger partial charge >= 0.3 is 5.97 Å². The summed E-state index contributed by atoms with van der Waals surface area (Å²) in [6, 6.07) is 8.75. The number of hydrogen-bond acceptors (Lipinski definition) is 5. The Labute approximate surface area is 104 Å². The summed E-state index contributed by atoms with van der Waals surface area (Å²) in [5, 5.41) is 3.62. The molecule has 18 heavy (non-hydrogen) atoms. The molecule has 1 aliphatic heterocycles. The molecule has 1 heterocycles. The number of ketones is 1. The zero-order valence-corrected chi connectivity index (χ0v) is 9.96. The maximum absolute atomic E-state index is 12.0. The molecule has 0 bridgehead atoms. The molecule has 1 aliphatic rings. The average Bonchev–Trinajstić information content (AvgIpc) is 3.24. The van der Waals surface area contributed by atoms with Gasteiger partial charge in [0.15, 0.2) is 6.10 Å². The highest BCUT2D eigenvalue weighted by molar-refractivity contribution is 6.45. The number of epoxide rings is 1. The van der Waals surface area contributed by atoms with Gasteiger partial charge < -0.3 is 9.57 Å². The Hall–Kier alpha value is -2.01. The first-order valence-electron chi connectivity index (χ1n) is 5.71. The van der Waals surface area contributed by atoms with Crippen LogP contribution in [0.5, 0.6) is 0 Å². The predicted molar refractivity (Wildman–Crippen MR) is 64.3 cm³/mol. The van der Waals surface area contributed by atoms with E-state index in [0.29, 0.717) is 18.6 Å². The van der Waals surface area contributed by atoms with E-state index in [2.05, 4.69) is 9.99 Å². The molecule has 1 atom stereocenters. The van der Waals surface area contributed by atoms with E-state index in [4.69, 9.17) is 4.74 Å². The van der Waals surface area contributed by atoms with Gasteiger partial charge in [0.2, 0.25) is 5.78 Å². The van der Waals surface area contributed by atoms with Crippen LogP contribution in [0.15, 0.2) is 35.5 Å². The van der Waals surface area contributed by atoms with Crippen LogP contribution in [0, 0.1) is 0 Å². The highest BCUT2D eigenvalue weighted by Gasteiger charge is 2.33. The fourth-order valence-corrected chi connectivity index (χ4v) is 1.37. The normalized spacial score (nSPS) is 18.3. The number of nitrogens with zero attached hydrogens (tertiary/aromatic N) is 1. The molecule has 1 aromatic carbocycles. The van der Waals surface area contributed by atoms with Crippen LogP contribution in [0.1, 0.15) is 23.7 Å². The fraction of sp³-hybridized carbons (Fsp3) is 0.308. The summed E-state index contributed by atoms with van der Waals surface area (Å²) in [5.41, 5.74) is 0.743. The lowest BCUT2D eigenvalue weighted by atomic mass is 10.1. The van der Waals surface area contributed by atoms with E-state index in [-0.39, 0.29) is 11.5 Å². The quantitative estimate of drug-likeness (QED) is 0.260. The molecule has 0 N–H and O–H groups in total. The van der Waals surface area contributed by atoms with Crippen LogP contribution in [0.2, 0.25) is 0 Å². The Bertz CT molecular complexity index is 477. The zero-order valence-electron chi connectivity index (χ0n) is 9.96. The minimum Gasteiger partial charge on any atom is -0.361 e. The van der Waals surface area contributed by atoms with Crippen LogP contribution in [-0.4, -0.2) is 30.2 Å². The number of rotatable bonds is 5. The number of ether oxygens (including phenoxy) is 1. The first kappa shape index (κ1) is 12.4. The van der Waals surface area contributed by atoms with Gasteiger partial charge in [0.05, 0.1) is 6.61 Å². The van der Waals surface area contributed by atoms with Crippen LogP contribution in [-0.2, 0) is 14.4 Å². The molecule has 0 aliphatic carbocycles. The van der Waals surface area contributed by atoms with Crippen molar-refractivity contribution in [1.82, 2.24) is 0 Å². The second kappa shape index (κ2) is 5.55. The molecular weight excluding hydrogens is 234 g/mol. The molecule has 5 heteroatoms. The second-order valence-corrected chi connectivity index (χ2v) is 3.82. The number of carbonyl (C=O) groups excluding carboxylic acids is 2. The standard InChI is InChI=1S/C13H13NO4/c1-2-10(14-18-13(16)11-8-17-11)12(15)9-6-4-3-5-7-9/h3-7,11H,2,8H2,1H3/b14-10+. The lowest BCUT2D eigenvalue weighted by Gasteiger charge is -2.02. The molecule has 1 aromatic rings. The third-order valence-corrected chi connectivity index (χ3v) is 2.48. The number of oxime groups is 1. The Balaban J connectivity index is 2.05. The topological polar surface area (TPSA) is 68.3 Å². The summed E-state index contributed by atoms with van der Waals surface area (Å²) >= 11 is 0. The van der Waals surface area contributed by atoms with Crippen molar-refractivity contribution in [3.05, 3.63) is 35.9 Å². The van der Waals surface area contributed by atoms with E-state index in [1.807, 2.05) is 6.07 Å². The molecule has 0 spiro atoms. The average molecular weight is 247 g/mol. The van der Waals surface area contributed by atoms with Crippen molar-refractivity contribution in [2.24, 2.45) is 5.16 Å². The molecule has 2 rings (SSSR count). The van der Waals surface area contributed by atoms with Crippen molar-refractivity contribution in [2.75, 3.05) is 6.61 Å². The molecule has 1 fully saturated rings. The molecular formula is C13H13NO4. The molecule has 5 nitrogen and oxygen atoms in total. The molecule has 1 saturated heterocycles. The minimum atomic E-state index is -0.554. The van der Waals surface area contributed by atoms with Gasteiger partial charge in [-0.1, -0.05) is 42.4 Å². The summed E-state index contributed by atoms with van der Waals surface area (Å²) in [7, 11) is 0. The van der Waals surface area contributed by atoms with Crippen molar-refractivity contribution in [3.63, 3.8) is 0 Å². The fourth-order valence-electron chi connectivity index (χ4n) is 1.37. The smallest absolute Gasteiger partial charge is 0.361 e. The SMILES string of the molecule is CC/C(=N\OC(=O)C1CO1)C(=O)c1ccccc1. The van der Waals surface area contributed by atoms with Crippen molar-refractivity contribution in [2.45, 2.75) is 19.4 Å². The van der Waals surface area contributed by atoms with Crippen molar-refractivity contribution in [1.29, 1.82) is 0 Å². The summed E-state index contributed by atoms with van der Waals surface area (Å²) in [6.45, 7) is 2.14. The predicted octanol–water partition coefficient (Wildman–Crippen LogP) is 1.58. The highest BCUT2D eigenvalue weighted by atomic mass is 16.7. The van der Waals surface area contributed by atoms with Gasteiger partial charge in [-0.25, -0.2) is 4.79 Å². The first-order chi connectivity index (χ1) is 8.72. The number of carbonyl (C=O) groups is 2. The number of benzene rings is 1. The van der Waals surface area contributed by atoms with E-state index in [1.54, 1.807) is 31.2 Å². The van der Waals surface area contributed by atoms with E-state index < -0.39 is 12.1 Å². The minimum absolute atomic E-state index is 0.218. The van der Waals surface area contributed by atoms with E-state index in [0.717, 1.165) is 0 Å². The largest absolute Gasteiger partial charge is 0.365 e. The first-order valence-corrected chi connectivity index (χ1v) is 5.71. The lowest BCUT2D eigenvalue weighted by molar-refractivity contribution is -0.145. The number of Topliss-reactive ketones (excluding diaryl/α,β-unsaturated/α-hetero) is 1. The van der Waals surface area contributed by atoms with Gasteiger partial charge in [-0.15, -0.1) is 0 Å². The van der Waals surface area contributed by atoms with E-state index >= 15 is 0 Å². The van der Waals surface area contributed by atoms with Gasteiger partial charge in [0.1, 0.15) is 5.71 Å². The van der Waals surface area contributed by atoms with Gasteiger partial charge in [-0.3, -0.25) is 4.79 Å². The zero-order chi connectivity index (χ0) is 13.0. The summed E-state index contributed by atoms with van der Waals surface area (Å²) in [6.07, 6.45) is -0.120. The van der Waals surface area contributed by atoms with Crippen molar-refractivity contribution in [3.8, 4) is 0 Å². The molecule has 0 radical (unpaired) electrons. The van der Waals surface area contributed by atoms with Gasteiger partial charge in [0.25, 0.3) is 0 Å². The molecule has 1 unspecified atom stereocenters. The third-order valence-electron chi connectivity index (χ3n) is 2.48. The van der Waals surface area contributed by atoms with Gasteiger partial charge in [0, 0.05) is 5.56 Å². The van der Waals surface area contributed by atoms with Crippen LogP contribution < -0.4 is 0 Å². The Kier molecular flexibility index (Phi) is 3.84. The summed E-state index contributed by atoms with van der Waals surface area (Å²) in [4.78, 5) is 27.9. The maximum Gasteiger partial charge on any atom is 0.365 e. The van der Waals surface area contributed by atoms with Gasteiger partial charge in [-0.05, 0) is 6.42 Å². The second-order valence-electron chi connectivity index (χ2n) is 3.82. The van der Waals surface area contributed by atoms with Crippen LogP contribution in [0.4, 0.5) is 0 Å². The van der Waals surface area contributed by atoms with Crippen molar-refractivity contribution < 1.29 is 19.2 Å². The van der Waals surface area contributed by atoms with E-state index in [1.165, 1.54) is 0 Å². The molecule has 0 amide bonds. The molecule has 0 aromatic heterocycles.